The zero-order valence-electron chi connectivity index (χ0n) is 9.52. The van der Waals surface area contributed by atoms with Crippen LogP contribution < -0.4 is 0 Å². The maximum absolute atomic E-state index is 11.5. The molecule has 88 valence electrons. The highest BCUT2D eigenvalue weighted by Gasteiger charge is 2.27. The third-order valence-electron chi connectivity index (χ3n) is 3.25. The van der Waals surface area contributed by atoms with Crippen LogP contribution in [-0.2, 0) is 4.79 Å². The van der Waals surface area contributed by atoms with E-state index >= 15 is 0 Å². The molecular weight excluding hydrogens is 194 g/mol. The Morgan fingerprint density at radius 3 is 2.33 bits per heavy atom. The third-order valence-corrected chi connectivity index (χ3v) is 3.25. The van der Waals surface area contributed by atoms with Crippen LogP contribution in [0, 0.1) is 11.8 Å². The van der Waals surface area contributed by atoms with E-state index in [1.807, 2.05) is 0 Å². The molecule has 0 saturated carbocycles. The molecule has 0 aromatic heterocycles. The predicted octanol–water partition coefficient (Wildman–Crippen LogP) is 0.234. The van der Waals surface area contributed by atoms with E-state index in [2.05, 4.69) is 13.8 Å². The van der Waals surface area contributed by atoms with Gasteiger partial charge in [0, 0.05) is 13.1 Å². The van der Waals surface area contributed by atoms with Gasteiger partial charge in [0.2, 0.25) is 0 Å². The summed E-state index contributed by atoms with van der Waals surface area (Å²) >= 11 is 0. The Balaban J connectivity index is 2.40. The number of likely N-dealkylation sites (tertiary alicyclic amines) is 1. The van der Waals surface area contributed by atoms with E-state index in [0.29, 0.717) is 24.9 Å². The Bertz CT molecular complexity index is 210. The lowest BCUT2D eigenvalue weighted by Gasteiger charge is -2.34. The SMILES string of the molecule is CC(C)C1CCN(C(=O)C(O)CO)CC1. The number of nitrogens with zero attached hydrogens (tertiary/aromatic N) is 1. The summed E-state index contributed by atoms with van der Waals surface area (Å²) in [5.41, 5.74) is 0. The zero-order chi connectivity index (χ0) is 11.4. The Morgan fingerprint density at radius 1 is 1.40 bits per heavy atom. The van der Waals surface area contributed by atoms with Gasteiger partial charge in [-0.15, -0.1) is 0 Å². The van der Waals surface area contributed by atoms with Gasteiger partial charge in [0.15, 0.2) is 6.10 Å². The molecule has 4 nitrogen and oxygen atoms in total. The fraction of sp³-hybridized carbons (Fsp3) is 0.909. The lowest BCUT2D eigenvalue weighted by molar-refractivity contribution is -0.143. The van der Waals surface area contributed by atoms with Crippen LogP contribution in [0.1, 0.15) is 26.7 Å². The van der Waals surface area contributed by atoms with Crippen LogP contribution in [0.2, 0.25) is 0 Å². The fourth-order valence-corrected chi connectivity index (χ4v) is 2.08. The van der Waals surface area contributed by atoms with Crippen LogP contribution in [0.3, 0.4) is 0 Å². The molecule has 1 saturated heterocycles. The van der Waals surface area contributed by atoms with Crippen LogP contribution in [0.15, 0.2) is 0 Å². The molecule has 0 bridgehead atoms. The van der Waals surface area contributed by atoms with Crippen LogP contribution >= 0.6 is 0 Å². The average Bonchev–Trinajstić information content (AvgIpc) is 2.27. The Labute approximate surface area is 90.9 Å². The van der Waals surface area contributed by atoms with E-state index in [9.17, 15) is 9.90 Å². The van der Waals surface area contributed by atoms with Gasteiger partial charge >= 0.3 is 0 Å². The number of amides is 1. The van der Waals surface area contributed by atoms with Crippen molar-refractivity contribution in [1.29, 1.82) is 0 Å². The Kier molecular flexibility index (Phi) is 4.54. The summed E-state index contributed by atoms with van der Waals surface area (Å²) in [7, 11) is 0. The molecule has 0 aromatic carbocycles. The monoisotopic (exact) mass is 215 g/mol. The van der Waals surface area contributed by atoms with Crippen molar-refractivity contribution in [3.63, 3.8) is 0 Å². The summed E-state index contributed by atoms with van der Waals surface area (Å²) in [5.74, 6) is 1.00. The predicted molar refractivity (Wildman–Crippen MR) is 57.2 cm³/mol. The minimum absolute atomic E-state index is 0.334. The number of piperidine rings is 1. The Morgan fingerprint density at radius 2 is 1.93 bits per heavy atom. The molecule has 15 heavy (non-hydrogen) atoms. The first-order valence-electron chi connectivity index (χ1n) is 5.64. The number of hydrogen-bond acceptors (Lipinski definition) is 3. The van der Waals surface area contributed by atoms with Crippen LogP contribution in [-0.4, -0.2) is 46.8 Å². The smallest absolute Gasteiger partial charge is 0.253 e. The first-order chi connectivity index (χ1) is 7.06. The second-order valence-electron chi connectivity index (χ2n) is 4.61. The molecule has 1 fully saturated rings. The van der Waals surface area contributed by atoms with Crippen molar-refractivity contribution >= 4 is 5.91 Å². The second-order valence-corrected chi connectivity index (χ2v) is 4.61. The molecule has 4 heteroatoms. The minimum atomic E-state index is -1.24. The highest BCUT2D eigenvalue weighted by molar-refractivity contribution is 5.80. The highest BCUT2D eigenvalue weighted by Crippen LogP contribution is 2.24. The van der Waals surface area contributed by atoms with E-state index in [4.69, 9.17) is 5.11 Å². The van der Waals surface area contributed by atoms with E-state index in [1.54, 1.807) is 4.90 Å². The highest BCUT2D eigenvalue weighted by atomic mass is 16.3. The third kappa shape index (κ3) is 3.18. The summed E-state index contributed by atoms with van der Waals surface area (Å²) in [6.45, 7) is 5.33. The van der Waals surface area contributed by atoms with Gasteiger partial charge in [-0.05, 0) is 24.7 Å². The first-order valence-corrected chi connectivity index (χ1v) is 5.64. The number of aliphatic hydroxyl groups excluding tert-OH is 2. The molecule has 0 radical (unpaired) electrons. The molecule has 1 unspecified atom stereocenters. The zero-order valence-corrected chi connectivity index (χ0v) is 9.52. The minimum Gasteiger partial charge on any atom is -0.393 e. The van der Waals surface area contributed by atoms with Gasteiger partial charge in [-0.3, -0.25) is 4.79 Å². The molecule has 1 aliphatic heterocycles. The fourth-order valence-electron chi connectivity index (χ4n) is 2.08. The topological polar surface area (TPSA) is 60.8 Å². The van der Waals surface area contributed by atoms with Crippen molar-refractivity contribution in [1.82, 2.24) is 4.90 Å². The molecular formula is C11H21NO3. The molecule has 0 aliphatic carbocycles. The van der Waals surface area contributed by atoms with E-state index < -0.39 is 12.7 Å². The lowest BCUT2D eigenvalue weighted by Crippen LogP contribution is -2.45. The maximum Gasteiger partial charge on any atom is 0.253 e. The summed E-state index contributed by atoms with van der Waals surface area (Å²) in [6.07, 6.45) is 0.768. The van der Waals surface area contributed by atoms with Gasteiger partial charge in [-0.2, -0.15) is 0 Å². The normalized spacial score (nSPS) is 20.7. The molecule has 0 aromatic rings. The van der Waals surface area contributed by atoms with Crippen molar-refractivity contribution < 1.29 is 15.0 Å². The summed E-state index contributed by atoms with van der Waals surface area (Å²) < 4.78 is 0. The first kappa shape index (κ1) is 12.5. The van der Waals surface area contributed by atoms with Gasteiger partial charge in [-0.1, -0.05) is 13.8 Å². The van der Waals surface area contributed by atoms with Gasteiger partial charge in [0.25, 0.3) is 5.91 Å². The van der Waals surface area contributed by atoms with Crippen LogP contribution in [0.25, 0.3) is 0 Å². The average molecular weight is 215 g/mol. The molecule has 1 aliphatic rings. The van der Waals surface area contributed by atoms with Crippen molar-refractivity contribution in [2.45, 2.75) is 32.8 Å². The molecule has 1 rings (SSSR count). The van der Waals surface area contributed by atoms with Crippen molar-refractivity contribution in [3.05, 3.63) is 0 Å². The maximum atomic E-state index is 11.5. The second kappa shape index (κ2) is 5.47. The van der Waals surface area contributed by atoms with Gasteiger partial charge in [-0.25, -0.2) is 0 Å². The number of carbonyl (C=O) groups is 1. The summed E-state index contributed by atoms with van der Waals surface area (Å²) in [6, 6.07) is 0. The molecule has 0 spiro atoms. The standard InChI is InChI=1S/C11H21NO3/c1-8(2)9-3-5-12(6-4-9)11(15)10(14)7-13/h8-10,13-14H,3-7H2,1-2H3. The van der Waals surface area contributed by atoms with Crippen molar-refractivity contribution in [2.75, 3.05) is 19.7 Å². The quantitative estimate of drug-likeness (QED) is 0.708. The van der Waals surface area contributed by atoms with Gasteiger partial charge < -0.3 is 15.1 Å². The Hall–Kier alpha value is -0.610. The van der Waals surface area contributed by atoms with Crippen LogP contribution in [0.4, 0.5) is 0 Å². The number of carbonyl (C=O) groups excluding carboxylic acids is 1. The van der Waals surface area contributed by atoms with E-state index in [1.165, 1.54) is 0 Å². The molecule has 2 N–H and O–H groups in total. The lowest BCUT2D eigenvalue weighted by atomic mass is 9.86. The molecule has 1 amide bonds. The number of rotatable bonds is 3. The van der Waals surface area contributed by atoms with Gasteiger partial charge in [0.1, 0.15) is 0 Å². The van der Waals surface area contributed by atoms with E-state index in [-0.39, 0.29) is 5.91 Å². The largest absolute Gasteiger partial charge is 0.393 e. The molecule has 1 heterocycles. The number of aliphatic hydroxyl groups is 2. The van der Waals surface area contributed by atoms with Crippen LogP contribution in [0.5, 0.6) is 0 Å². The molecule has 1 atom stereocenters. The summed E-state index contributed by atoms with van der Waals surface area (Å²) in [5, 5.41) is 17.9. The van der Waals surface area contributed by atoms with E-state index in [0.717, 1.165) is 12.8 Å². The number of hydrogen-bond donors (Lipinski definition) is 2. The summed E-state index contributed by atoms with van der Waals surface area (Å²) in [4.78, 5) is 13.2. The van der Waals surface area contributed by atoms with Gasteiger partial charge in [0.05, 0.1) is 6.61 Å². The van der Waals surface area contributed by atoms with Crippen molar-refractivity contribution in [2.24, 2.45) is 11.8 Å². The van der Waals surface area contributed by atoms with Crippen molar-refractivity contribution in [3.8, 4) is 0 Å².